The minimum Gasteiger partial charge on any atom is -0.450 e. The van der Waals surface area contributed by atoms with Gasteiger partial charge in [0.2, 0.25) is 0 Å². The van der Waals surface area contributed by atoms with Crippen molar-refractivity contribution in [3.05, 3.63) is 0 Å². The molecule has 1 amide bonds. The Bertz CT molecular complexity index is 202. The van der Waals surface area contributed by atoms with Crippen LogP contribution in [0.25, 0.3) is 0 Å². The number of aliphatic hydroxyl groups is 1. The molecule has 2 atom stereocenters. The van der Waals surface area contributed by atoms with Crippen molar-refractivity contribution in [3.8, 4) is 0 Å². The number of carbonyl (C=O) groups is 2. The topological polar surface area (TPSA) is 75.6 Å². The largest absolute Gasteiger partial charge is 0.450 e. The molecule has 2 N–H and O–H groups in total. The number of hydrogen-bond acceptors (Lipinski definition) is 4. The van der Waals surface area contributed by atoms with E-state index in [1.165, 1.54) is 6.92 Å². The fourth-order valence-electron chi connectivity index (χ4n) is 0.923. The molecule has 0 saturated carbocycles. The molecule has 5 heteroatoms. The minimum atomic E-state index is -1.17. The summed E-state index contributed by atoms with van der Waals surface area (Å²) in [6, 6.07) is 0. The van der Waals surface area contributed by atoms with Gasteiger partial charge in [0.15, 0.2) is 6.10 Å². The Hall–Kier alpha value is -1.10. The summed E-state index contributed by atoms with van der Waals surface area (Å²) in [4.78, 5) is 21.7. The molecule has 1 saturated heterocycles. The third-order valence-corrected chi connectivity index (χ3v) is 1.60. The van der Waals surface area contributed by atoms with Crippen molar-refractivity contribution in [2.45, 2.75) is 25.6 Å². The van der Waals surface area contributed by atoms with Gasteiger partial charge < -0.3 is 15.2 Å². The Kier molecular flexibility index (Phi) is 2.65. The lowest BCUT2D eigenvalue weighted by Gasteiger charge is -2.10. The summed E-state index contributed by atoms with van der Waals surface area (Å²) in [6.07, 6.45) is -1.40. The van der Waals surface area contributed by atoms with Gasteiger partial charge in [-0.1, -0.05) is 0 Å². The second-order valence-corrected chi connectivity index (χ2v) is 2.68. The Labute approximate surface area is 69.7 Å². The van der Waals surface area contributed by atoms with Crippen LogP contribution >= 0.6 is 0 Å². The molecule has 1 aliphatic rings. The third kappa shape index (κ3) is 1.94. The van der Waals surface area contributed by atoms with Gasteiger partial charge in [-0.25, -0.2) is 4.79 Å². The summed E-state index contributed by atoms with van der Waals surface area (Å²) in [5, 5.41) is 11.3. The zero-order valence-electron chi connectivity index (χ0n) is 6.74. The maximum atomic E-state index is 10.9. The molecule has 0 aliphatic carbocycles. The lowest BCUT2D eigenvalue weighted by Crippen LogP contribution is -2.31. The third-order valence-electron chi connectivity index (χ3n) is 1.60. The van der Waals surface area contributed by atoms with Crippen LogP contribution < -0.4 is 5.32 Å². The molecule has 0 bridgehead atoms. The van der Waals surface area contributed by atoms with E-state index >= 15 is 0 Å². The lowest BCUT2D eigenvalue weighted by atomic mass is 10.3. The first-order valence-electron chi connectivity index (χ1n) is 3.77. The van der Waals surface area contributed by atoms with Crippen LogP contribution in [0, 0.1) is 0 Å². The van der Waals surface area contributed by atoms with Crippen LogP contribution in [-0.2, 0) is 14.3 Å². The zero-order valence-corrected chi connectivity index (χ0v) is 6.74. The van der Waals surface area contributed by atoms with E-state index < -0.39 is 18.2 Å². The first kappa shape index (κ1) is 8.99. The van der Waals surface area contributed by atoms with Crippen molar-refractivity contribution in [2.24, 2.45) is 0 Å². The minimum absolute atomic E-state index is 0.288. The standard InChI is InChI=1S/C7H11NO4/c1-4(9)7(11)12-5-2-3-8-6(5)10/h4-5,9H,2-3H2,1H3,(H,8,10)/t4-,5+/m1/s1. The molecule has 68 valence electrons. The van der Waals surface area contributed by atoms with Crippen molar-refractivity contribution < 1.29 is 19.4 Å². The molecule has 1 fully saturated rings. The number of aliphatic hydroxyl groups excluding tert-OH is 1. The van der Waals surface area contributed by atoms with Gasteiger partial charge in [-0.15, -0.1) is 0 Å². The quantitative estimate of drug-likeness (QED) is 0.514. The van der Waals surface area contributed by atoms with E-state index in [0.717, 1.165) is 0 Å². The lowest BCUT2D eigenvalue weighted by molar-refractivity contribution is -0.161. The van der Waals surface area contributed by atoms with Gasteiger partial charge in [0, 0.05) is 13.0 Å². The van der Waals surface area contributed by atoms with Gasteiger partial charge in [0.1, 0.15) is 6.10 Å². The summed E-state index contributed by atoms with van der Waals surface area (Å²) >= 11 is 0. The van der Waals surface area contributed by atoms with Crippen LogP contribution in [0.2, 0.25) is 0 Å². The number of hydrogen-bond donors (Lipinski definition) is 2. The van der Waals surface area contributed by atoms with Crippen molar-refractivity contribution in [3.63, 3.8) is 0 Å². The van der Waals surface area contributed by atoms with Crippen molar-refractivity contribution >= 4 is 11.9 Å². The Morgan fingerprint density at radius 3 is 2.92 bits per heavy atom. The molecule has 12 heavy (non-hydrogen) atoms. The van der Waals surface area contributed by atoms with Gasteiger partial charge in [-0.05, 0) is 6.92 Å². The SMILES string of the molecule is C[C@@H](O)C(=O)O[C@H]1CCNC1=O. The van der Waals surface area contributed by atoms with Crippen LogP contribution in [0.5, 0.6) is 0 Å². The van der Waals surface area contributed by atoms with Crippen molar-refractivity contribution in [1.82, 2.24) is 5.32 Å². The van der Waals surface area contributed by atoms with Gasteiger partial charge in [0.05, 0.1) is 0 Å². The molecule has 0 aromatic rings. The predicted octanol–water partition coefficient (Wildman–Crippen LogP) is -1.20. The molecule has 0 unspecified atom stereocenters. The fraction of sp³-hybridized carbons (Fsp3) is 0.714. The number of esters is 1. The van der Waals surface area contributed by atoms with Crippen LogP contribution in [-0.4, -0.2) is 35.7 Å². The Morgan fingerprint density at radius 1 is 1.83 bits per heavy atom. The summed E-state index contributed by atoms with van der Waals surface area (Å²) < 4.78 is 4.68. The molecular formula is C7H11NO4. The highest BCUT2D eigenvalue weighted by molar-refractivity contribution is 5.86. The molecular weight excluding hydrogens is 162 g/mol. The van der Waals surface area contributed by atoms with Crippen LogP contribution in [0.1, 0.15) is 13.3 Å². The molecule has 1 rings (SSSR count). The molecule has 0 spiro atoms. The predicted molar refractivity (Wildman–Crippen MR) is 39.2 cm³/mol. The number of amides is 1. The van der Waals surface area contributed by atoms with E-state index in [-0.39, 0.29) is 5.91 Å². The average Bonchev–Trinajstić information content (AvgIpc) is 2.36. The normalized spacial score (nSPS) is 24.8. The molecule has 1 heterocycles. The highest BCUT2D eigenvalue weighted by Crippen LogP contribution is 2.05. The summed E-state index contributed by atoms with van der Waals surface area (Å²) in [5.74, 6) is -1.04. The molecule has 0 aromatic carbocycles. The maximum absolute atomic E-state index is 10.9. The monoisotopic (exact) mass is 173 g/mol. The summed E-state index contributed by atoms with van der Waals surface area (Å²) in [7, 11) is 0. The number of carbonyl (C=O) groups excluding carboxylic acids is 2. The molecule has 5 nitrogen and oxygen atoms in total. The van der Waals surface area contributed by atoms with Crippen LogP contribution in [0.15, 0.2) is 0 Å². The number of rotatable bonds is 2. The Morgan fingerprint density at radius 2 is 2.50 bits per heavy atom. The van der Waals surface area contributed by atoms with E-state index in [9.17, 15) is 9.59 Å². The molecule has 0 radical (unpaired) electrons. The zero-order chi connectivity index (χ0) is 9.14. The van der Waals surface area contributed by atoms with E-state index in [2.05, 4.69) is 10.1 Å². The van der Waals surface area contributed by atoms with Crippen molar-refractivity contribution in [2.75, 3.05) is 6.54 Å². The van der Waals surface area contributed by atoms with Gasteiger partial charge in [0.25, 0.3) is 5.91 Å². The summed E-state index contributed by atoms with van der Waals surface area (Å²) in [6.45, 7) is 1.83. The summed E-state index contributed by atoms with van der Waals surface area (Å²) in [5.41, 5.74) is 0. The van der Waals surface area contributed by atoms with E-state index in [1.54, 1.807) is 0 Å². The smallest absolute Gasteiger partial charge is 0.335 e. The number of ether oxygens (including phenoxy) is 1. The highest BCUT2D eigenvalue weighted by Gasteiger charge is 2.28. The van der Waals surface area contributed by atoms with Crippen LogP contribution in [0.4, 0.5) is 0 Å². The maximum Gasteiger partial charge on any atom is 0.335 e. The van der Waals surface area contributed by atoms with Gasteiger partial charge in [-0.2, -0.15) is 0 Å². The van der Waals surface area contributed by atoms with Crippen LogP contribution in [0.3, 0.4) is 0 Å². The number of nitrogens with one attached hydrogen (secondary N) is 1. The second-order valence-electron chi connectivity index (χ2n) is 2.68. The van der Waals surface area contributed by atoms with Gasteiger partial charge in [-0.3, -0.25) is 4.79 Å². The van der Waals surface area contributed by atoms with Crippen molar-refractivity contribution in [1.29, 1.82) is 0 Å². The highest BCUT2D eigenvalue weighted by atomic mass is 16.6. The fourth-order valence-corrected chi connectivity index (χ4v) is 0.923. The van der Waals surface area contributed by atoms with E-state index in [4.69, 9.17) is 5.11 Å². The van der Waals surface area contributed by atoms with Gasteiger partial charge >= 0.3 is 5.97 Å². The first-order chi connectivity index (χ1) is 5.61. The molecule has 0 aromatic heterocycles. The Balaban J connectivity index is 2.40. The molecule has 1 aliphatic heterocycles. The van der Waals surface area contributed by atoms with E-state index in [0.29, 0.717) is 13.0 Å². The first-order valence-corrected chi connectivity index (χ1v) is 3.77. The average molecular weight is 173 g/mol. The van der Waals surface area contributed by atoms with E-state index in [1.807, 2.05) is 0 Å². The second kappa shape index (κ2) is 3.53.